The van der Waals surface area contributed by atoms with Crippen LogP contribution in [-0.4, -0.2) is 9.59 Å². The number of nitrogens with zero attached hydrogens (tertiary/aromatic N) is 2. The molecular formula is C4H6N2S. The maximum absolute atomic E-state index is 3.68. The summed E-state index contributed by atoms with van der Waals surface area (Å²) in [7, 11) is 0. The van der Waals surface area contributed by atoms with E-state index in [0.29, 0.717) is 0 Å². The Kier molecular flexibility index (Phi) is 1.36. The van der Waals surface area contributed by atoms with Crippen molar-refractivity contribution in [1.29, 1.82) is 0 Å². The molecule has 0 aliphatic carbocycles. The Morgan fingerprint density at radius 1 is 1.86 bits per heavy atom. The summed E-state index contributed by atoms with van der Waals surface area (Å²) < 4.78 is 3.68. The monoisotopic (exact) mass is 114 g/mol. The molecule has 38 valence electrons. The van der Waals surface area contributed by atoms with Crippen molar-refractivity contribution in [2.75, 3.05) is 0 Å². The maximum Gasteiger partial charge on any atom is 0.0653 e. The van der Waals surface area contributed by atoms with Crippen LogP contribution in [0.15, 0.2) is 6.20 Å². The van der Waals surface area contributed by atoms with Crippen LogP contribution in [0, 0.1) is 0 Å². The van der Waals surface area contributed by atoms with Crippen LogP contribution in [0.4, 0.5) is 0 Å². The largest absolute Gasteiger partial charge is 0.146 e. The van der Waals surface area contributed by atoms with Gasteiger partial charge >= 0.3 is 0 Å². The minimum atomic E-state index is 1.05. The molecule has 0 atom stereocenters. The van der Waals surface area contributed by atoms with Gasteiger partial charge in [0.15, 0.2) is 0 Å². The van der Waals surface area contributed by atoms with E-state index in [0.717, 1.165) is 6.42 Å². The van der Waals surface area contributed by atoms with Gasteiger partial charge in [-0.05, 0) is 18.0 Å². The van der Waals surface area contributed by atoms with Gasteiger partial charge in [-0.1, -0.05) is 11.4 Å². The lowest BCUT2D eigenvalue weighted by atomic mass is 10.4. The Morgan fingerprint density at radius 2 is 2.71 bits per heavy atom. The van der Waals surface area contributed by atoms with E-state index in [-0.39, 0.29) is 0 Å². The normalized spacial score (nSPS) is 9.29. The first-order chi connectivity index (χ1) is 3.43. The number of aryl methyl sites for hydroxylation is 1. The van der Waals surface area contributed by atoms with Crippen molar-refractivity contribution in [3.05, 3.63) is 11.1 Å². The van der Waals surface area contributed by atoms with Crippen LogP contribution in [0.2, 0.25) is 0 Å². The molecule has 0 bridgehead atoms. The van der Waals surface area contributed by atoms with Crippen molar-refractivity contribution in [2.24, 2.45) is 0 Å². The summed E-state index contributed by atoms with van der Waals surface area (Å²) in [4.78, 5) is 1.25. The first-order valence-corrected chi connectivity index (χ1v) is 2.97. The summed E-state index contributed by atoms with van der Waals surface area (Å²) in [6.45, 7) is 2.09. The van der Waals surface area contributed by atoms with Crippen molar-refractivity contribution in [3.8, 4) is 0 Å². The van der Waals surface area contributed by atoms with E-state index in [1.165, 1.54) is 16.4 Å². The second kappa shape index (κ2) is 2.02. The predicted octanol–water partition coefficient (Wildman–Crippen LogP) is 1.10. The topological polar surface area (TPSA) is 25.8 Å². The summed E-state index contributed by atoms with van der Waals surface area (Å²) in [6, 6.07) is 0. The third-order valence-corrected chi connectivity index (χ3v) is 1.56. The Balaban J connectivity index is 2.76. The number of hydrogen-bond acceptors (Lipinski definition) is 3. The van der Waals surface area contributed by atoms with Crippen LogP contribution < -0.4 is 0 Å². The van der Waals surface area contributed by atoms with E-state index in [9.17, 15) is 0 Å². The molecule has 1 rings (SSSR count). The molecule has 0 fully saturated rings. The maximum atomic E-state index is 3.68. The first-order valence-electron chi connectivity index (χ1n) is 2.19. The highest BCUT2D eigenvalue weighted by Crippen LogP contribution is 2.00. The smallest absolute Gasteiger partial charge is 0.0653 e. The lowest BCUT2D eigenvalue weighted by Gasteiger charge is -1.74. The fraction of sp³-hybridized carbons (Fsp3) is 0.500. The van der Waals surface area contributed by atoms with Crippen LogP contribution in [0.25, 0.3) is 0 Å². The van der Waals surface area contributed by atoms with Crippen molar-refractivity contribution >= 4 is 11.5 Å². The molecule has 0 saturated heterocycles. The standard InChI is InChI=1S/C4H6N2S/c1-2-4-3-5-6-7-4/h3H,2H2,1H3. The van der Waals surface area contributed by atoms with Crippen molar-refractivity contribution in [1.82, 2.24) is 9.59 Å². The lowest BCUT2D eigenvalue weighted by Crippen LogP contribution is -1.64. The van der Waals surface area contributed by atoms with Gasteiger partial charge in [0.1, 0.15) is 0 Å². The van der Waals surface area contributed by atoms with Gasteiger partial charge in [-0.25, -0.2) is 0 Å². The second-order valence-electron chi connectivity index (χ2n) is 1.24. The average molecular weight is 114 g/mol. The van der Waals surface area contributed by atoms with E-state index in [1.807, 2.05) is 0 Å². The minimum absolute atomic E-state index is 1.05. The zero-order valence-electron chi connectivity index (χ0n) is 4.09. The zero-order chi connectivity index (χ0) is 5.11. The Bertz CT molecular complexity index is 124. The average Bonchev–Trinajstić information content (AvgIpc) is 2.14. The number of aromatic nitrogens is 2. The van der Waals surface area contributed by atoms with Crippen LogP contribution in [0.3, 0.4) is 0 Å². The molecule has 1 heterocycles. The quantitative estimate of drug-likeness (QED) is 0.546. The fourth-order valence-electron chi connectivity index (χ4n) is 0.343. The molecular weight excluding hydrogens is 108 g/mol. The zero-order valence-corrected chi connectivity index (χ0v) is 4.90. The van der Waals surface area contributed by atoms with Crippen LogP contribution in [0.1, 0.15) is 11.8 Å². The molecule has 0 saturated carbocycles. The van der Waals surface area contributed by atoms with Crippen molar-refractivity contribution < 1.29 is 0 Å². The highest BCUT2D eigenvalue weighted by atomic mass is 32.1. The third kappa shape index (κ3) is 0.962. The van der Waals surface area contributed by atoms with Crippen molar-refractivity contribution in [3.63, 3.8) is 0 Å². The molecule has 1 aromatic heterocycles. The van der Waals surface area contributed by atoms with Gasteiger partial charge in [-0.15, -0.1) is 5.10 Å². The number of rotatable bonds is 1. The molecule has 0 radical (unpaired) electrons. The first kappa shape index (κ1) is 4.71. The van der Waals surface area contributed by atoms with Crippen LogP contribution in [0.5, 0.6) is 0 Å². The van der Waals surface area contributed by atoms with Gasteiger partial charge in [0.25, 0.3) is 0 Å². The summed E-state index contributed by atoms with van der Waals surface area (Å²) in [5.74, 6) is 0. The molecule has 0 aliphatic heterocycles. The Labute approximate surface area is 46.4 Å². The van der Waals surface area contributed by atoms with Crippen molar-refractivity contribution in [2.45, 2.75) is 13.3 Å². The summed E-state index contributed by atoms with van der Waals surface area (Å²) in [5.41, 5.74) is 0. The SMILES string of the molecule is CCc1cnns1. The van der Waals surface area contributed by atoms with E-state index in [1.54, 1.807) is 6.20 Å². The summed E-state index contributed by atoms with van der Waals surface area (Å²) in [6.07, 6.45) is 2.85. The van der Waals surface area contributed by atoms with Gasteiger partial charge in [-0.3, -0.25) is 0 Å². The molecule has 1 aromatic rings. The van der Waals surface area contributed by atoms with E-state index < -0.39 is 0 Å². The van der Waals surface area contributed by atoms with Crippen LogP contribution in [-0.2, 0) is 6.42 Å². The van der Waals surface area contributed by atoms with Gasteiger partial charge in [-0.2, -0.15) is 0 Å². The van der Waals surface area contributed by atoms with Gasteiger partial charge in [0.05, 0.1) is 6.20 Å². The minimum Gasteiger partial charge on any atom is -0.146 e. The molecule has 0 unspecified atom stereocenters. The van der Waals surface area contributed by atoms with Crippen LogP contribution >= 0.6 is 11.5 Å². The summed E-state index contributed by atoms with van der Waals surface area (Å²) in [5, 5.41) is 3.66. The number of hydrogen-bond donors (Lipinski definition) is 0. The fourth-order valence-corrected chi connectivity index (χ4v) is 0.766. The molecule has 0 N–H and O–H groups in total. The Hall–Kier alpha value is -0.440. The molecule has 0 spiro atoms. The molecule has 0 aromatic carbocycles. The van der Waals surface area contributed by atoms with E-state index in [4.69, 9.17) is 0 Å². The van der Waals surface area contributed by atoms with Gasteiger partial charge in [0, 0.05) is 4.88 Å². The Morgan fingerprint density at radius 3 is 3.00 bits per heavy atom. The second-order valence-corrected chi connectivity index (χ2v) is 2.11. The summed E-state index contributed by atoms with van der Waals surface area (Å²) >= 11 is 1.46. The lowest BCUT2D eigenvalue weighted by molar-refractivity contribution is 1.12. The molecule has 0 aliphatic rings. The molecule has 7 heavy (non-hydrogen) atoms. The predicted molar refractivity (Wildman–Crippen MR) is 29.3 cm³/mol. The third-order valence-electron chi connectivity index (χ3n) is 0.755. The van der Waals surface area contributed by atoms with Gasteiger partial charge in [0.2, 0.25) is 0 Å². The van der Waals surface area contributed by atoms with E-state index in [2.05, 4.69) is 16.5 Å². The van der Waals surface area contributed by atoms with Gasteiger partial charge < -0.3 is 0 Å². The highest BCUT2D eigenvalue weighted by molar-refractivity contribution is 7.05. The molecule has 3 heteroatoms. The highest BCUT2D eigenvalue weighted by Gasteiger charge is 1.86. The van der Waals surface area contributed by atoms with E-state index >= 15 is 0 Å². The molecule has 2 nitrogen and oxygen atoms in total. The molecule has 0 amide bonds.